The van der Waals surface area contributed by atoms with Gasteiger partial charge in [-0.1, -0.05) is 13.8 Å². The summed E-state index contributed by atoms with van der Waals surface area (Å²) in [5.41, 5.74) is 2.87. The summed E-state index contributed by atoms with van der Waals surface area (Å²) in [6.45, 7) is 6.06. The molecule has 1 aliphatic heterocycles. The zero-order chi connectivity index (χ0) is 18.0. The lowest BCUT2D eigenvalue weighted by molar-refractivity contribution is 0.311. The zero-order valence-electron chi connectivity index (χ0n) is 15.4. The Balaban J connectivity index is 1.68. The Morgan fingerprint density at radius 3 is 2.77 bits per heavy atom. The van der Waals surface area contributed by atoms with Crippen LogP contribution in [0.15, 0.2) is 11.0 Å². The van der Waals surface area contributed by atoms with Gasteiger partial charge in [0.2, 0.25) is 0 Å². The Kier molecular flexibility index (Phi) is 3.51. The second-order valence-electron chi connectivity index (χ2n) is 8.68. The zero-order valence-corrected chi connectivity index (χ0v) is 15.4. The van der Waals surface area contributed by atoms with Gasteiger partial charge in [0, 0.05) is 30.3 Å². The molecule has 0 amide bonds. The predicted octanol–water partition coefficient (Wildman–Crippen LogP) is 2.37. The van der Waals surface area contributed by atoms with Crippen molar-refractivity contribution in [2.45, 2.75) is 64.0 Å². The summed E-state index contributed by atoms with van der Waals surface area (Å²) in [4.78, 5) is 13.0. The van der Waals surface area contributed by atoms with Crippen molar-refractivity contribution in [2.24, 2.45) is 11.8 Å². The molecule has 2 bridgehead atoms. The van der Waals surface area contributed by atoms with Crippen LogP contribution in [0.3, 0.4) is 0 Å². The molecule has 1 N–H and O–H groups in total. The van der Waals surface area contributed by atoms with Gasteiger partial charge in [-0.05, 0) is 50.0 Å². The molecule has 0 unspecified atom stereocenters. The van der Waals surface area contributed by atoms with Crippen molar-refractivity contribution in [3.63, 3.8) is 0 Å². The lowest BCUT2D eigenvalue weighted by atomic mass is 9.95. The normalized spacial score (nSPS) is 27.5. The summed E-state index contributed by atoms with van der Waals surface area (Å²) < 4.78 is 3.69. The molecule has 0 aromatic carbocycles. The van der Waals surface area contributed by atoms with E-state index in [1.54, 1.807) is 0 Å². The number of nitrogens with one attached hydrogen (secondary N) is 1. The van der Waals surface area contributed by atoms with Crippen LogP contribution in [0.4, 0.5) is 0 Å². The number of nitriles is 1. The van der Waals surface area contributed by atoms with E-state index < -0.39 is 0 Å². The van der Waals surface area contributed by atoms with E-state index in [1.165, 1.54) is 17.4 Å². The highest BCUT2D eigenvalue weighted by molar-refractivity contribution is 5.60. The highest BCUT2D eigenvalue weighted by Gasteiger charge is 2.40. The van der Waals surface area contributed by atoms with Gasteiger partial charge in [0.1, 0.15) is 11.6 Å². The Hall–Kier alpha value is -2.13. The van der Waals surface area contributed by atoms with Crippen molar-refractivity contribution < 1.29 is 0 Å². The summed E-state index contributed by atoms with van der Waals surface area (Å²) >= 11 is 0. The van der Waals surface area contributed by atoms with E-state index in [1.807, 2.05) is 20.0 Å². The fraction of sp³-hybridized carbons (Fsp3) is 0.650. The number of nitrogens with zero attached hydrogens (tertiary/aromatic N) is 4. The number of hydrogen-bond donors (Lipinski definition) is 1. The van der Waals surface area contributed by atoms with Crippen LogP contribution >= 0.6 is 0 Å². The van der Waals surface area contributed by atoms with Crippen LogP contribution in [-0.2, 0) is 6.54 Å². The molecule has 2 aromatic heterocycles. The van der Waals surface area contributed by atoms with Gasteiger partial charge in [-0.25, -0.2) is 0 Å². The molecule has 26 heavy (non-hydrogen) atoms. The third kappa shape index (κ3) is 2.34. The van der Waals surface area contributed by atoms with Crippen molar-refractivity contribution in [1.29, 1.82) is 5.26 Å². The Bertz CT molecular complexity index is 975. The Labute approximate surface area is 152 Å². The van der Waals surface area contributed by atoms with Gasteiger partial charge in [0.05, 0.1) is 5.69 Å². The lowest BCUT2D eigenvalue weighted by Crippen LogP contribution is -2.32. The molecule has 136 valence electrons. The van der Waals surface area contributed by atoms with Crippen molar-refractivity contribution in [2.75, 3.05) is 6.54 Å². The molecule has 3 fully saturated rings. The summed E-state index contributed by atoms with van der Waals surface area (Å²) in [5, 5.41) is 18.0. The largest absolute Gasteiger partial charge is 0.331 e. The summed E-state index contributed by atoms with van der Waals surface area (Å²) in [7, 11) is 0. The molecule has 0 spiro atoms. The molecule has 0 radical (unpaired) electrons. The van der Waals surface area contributed by atoms with Crippen LogP contribution in [0.5, 0.6) is 0 Å². The van der Waals surface area contributed by atoms with E-state index in [9.17, 15) is 10.1 Å². The van der Waals surface area contributed by atoms with Crippen molar-refractivity contribution in [1.82, 2.24) is 19.5 Å². The van der Waals surface area contributed by atoms with Gasteiger partial charge in [0.25, 0.3) is 5.56 Å². The highest BCUT2D eigenvalue weighted by atomic mass is 16.1. The summed E-state index contributed by atoms with van der Waals surface area (Å²) in [6.07, 6.45) is 6.59. The minimum absolute atomic E-state index is 0.0655. The van der Waals surface area contributed by atoms with Crippen LogP contribution in [0.25, 0.3) is 5.65 Å². The predicted molar refractivity (Wildman–Crippen MR) is 98.2 cm³/mol. The molecule has 3 heterocycles. The number of hydrogen-bond acceptors (Lipinski definition) is 4. The lowest BCUT2D eigenvalue weighted by Gasteiger charge is -2.24. The molecular formula is C20H25N5O. The van der Waals surface area contributed by atoms with Gasteiger partial charge in [-0.2, -0.15) is 14.9 Å². The van der Waals surface area contributed by atoms with Crippen molar-refractivity contribution in [3.8, 4) is 6.07 Å². The van der Waals surface area contributed by atoms with Crippen molar-refractivity contribution >= 4 is 5.65 Å². The van der Waals surface area contributed by atoms with E-state index in [4.69, 9.17) is 0 Å². The average molecular weight is 351 g/mol. The van der Waals surface area contributed by atoms with E-state index in [0.29, 0.717) is 35.0 Å². The second kappa shape index (κ2) is 5.68. The fourth-order valence-electron chi connectivity index (χ4n) is 4.95. The summed E-state index contributed by atoms with van der Waals surface area (Å²) in [5.74, 6) is 1.81. The van der Waals surface area contributed by atoms with Gasteiger partial charge < -0.3 is 9.88 Å². The van der Waals surface area contributed by atoms with Gasteiger partial charge in [-0.3, -0.25) is 4.79 Å². The first-order valence-electron chi connectivity index (χ1n) is 9.86. The maximum atomic E-state index is 13.0. The van der Waals surface area contributed by atoms with Crippen LogP contribution in [0.2, 0.25) is 0 Å². The van der Waals surface area contributed by atoms with Gasteiger partial charge in [-0.15, -0.1) is 0 Å². The minimum Gasteiger partial charge on any atom is -0.331 e. The first kappa shape index (κ1) is 16.1. The molecule has 6 nitrogen and oxygen atoms in total. The molecule has 3 aliphatic rings. The number of aromatic nitrogens is 3. The first-order chi connectivity index (χ1) is 12.6. The number of rotatable bonds is 4. The van der Waals surface area contributed by atoms with Crippen molar-refractivity contribution in [3.05, 3.63) is 33.4 Å². The third-order valence-corrected chi connectivity index (χ3v) is 6.53. The second-order valence-corrected chi connectivity index (χ2v) is 8.68. The molecular weight excluding hydrogens is 326 g/mol. The molecule has 6 heteroatoms. The first-order valence-corrected chi connectivity index (χ1v) is 9.86. The fourth-order valence-corrected chi connectivity index (χ4v) is 4.95. The van der Waals surface area contributed by atoms with E-state index in [2.05, 4.69) is 21.1 Å². The Morgan fingerprint density at radius 1 is 1.38 bits per heavy atom. The summed E-state index contributed by atoms with van der Waals surface area (Å²) in [6, 6.07) is 3.01. The van der Waals surface area contributed by atoms with E-state index in [0.717, 1.165) is 37.2 Å². The molecule has 5 rings (SSSR count). The van der Waals surface area contributed by atoms with Crippen LogP contribution < -0.4 is 10.9 Å². The SMILES string of the molecule is CC(C)c1cn(C[C@H]2C[C@H]3C[C@@H]2CN3)c2c(C#N)c(C3CC3)nn2c1=O. The van der Waals surface area contributed by atoms with Gasteiger partial charge in [0.15, 0.2) is 5.65 Å². The molecule has 2 aliphatic carbocycles. The standard InChI is InChI=1S/C20H25N5O/c1-11(2)17-10-24(9-14-6-15-5-13(14)8-22-15)19-16(7-21)18(12-3-4-12)23-25(19)20(17)26/h10-15,22H,3-6,8-9H2,1-2H3/t13-,14-,15-/m1/s1. The van der Waals surface area contributed by atoms with E-state index in [-0.39, 0.29) is 11.5 Å². The smallest absolute Gasteiger partial charge is 0.277 e. The van der Waals surface area contributed by atoms with Crippen LogP contribution in [0.1, 0.15) is 68.2 Å². The quantitative estimate of drug-likeness (QED) is 0.918. The maximum absolute atomic E-state index is 13.0. The van der Waals surface area contributed by atoms with Gasteiger partial charge >= 0.3 is 0 Å². The minimum atomic E-state index is -0.0655. The molecule has 2 saturated carbocycles. The average Bonchev–Trinajstić information content (AvgIpc) is 3.08. The van der Waals surface area contributed by atoms with Crippen LogP contribution in [-0.4, -0.2) is 26.8 Å². The molecule has 1 saturated heterocycles. The number of fused-ring (bicyclic) bond motifs is 3. The topological polar surface area (TPSA) is 75.1 Å². The maximum Gasteiger partial charge on any atom is 0.277 e. The molecule has 2 aromatic rings. The van der Waals surface area contributed by atoms with E-state index >= 15 is 0 Å². The highest BCUT2D eigenvalue weighted by Crippen LogP contribution is 2.42. The molecule has 3 atom stereocenters. The monoisotopic (exact) mass is 351 g/mol. The third-order valence-electron chi connectivity index (χ3n) is 6.53. The Morgan fingerprint density at radius 2 is 2.19 bits per heavy atom. The number of piperidine rings is 1. The van der Waals surface area contributed by atoms with Crippen LogP contribution in [0, 0.1) is 23.2 Å².